The number of hydrogen-bond acceptors (Lipinski definition) is 3. The van der Waals surface area contributed by atoms with Gasteiger partial charge in [0.1, 0.15) is 11.4 Å². The van der Waals surface area contributed by atoms with E-state index < -0.39 is 6.04 Å². The zero-order valence-electron chi connectivity index (χ0n) is 18.7. The fourth-order valence-corrected chi connectivity index (χ4v) is 5.47. The van der Waals surface area contributed by atoms with Crippen molar-refractivity contribution in [1.82, 2.24) is 4.90 Å². The second-order valence-electron chi connectivity index (χ2n) is 8.47. The van der Waals surface area contributed by atoms with Crippen molar-refractivity contribution in [3.05, 3.63) is 35.9 Å². The highest BCUT2D eigenvalue weighted by Gasteiger charge is 2.39. The number of carbonyl (C=O) groups excluding carboxylic acids is 2. The average Bonchev–Trinajstić information content (AvgIpc) is 3.13. The van der Waals surface area contributed by atoms with E-state index in [1.165, 1.54) is 64.2 Å². The van der Waals surface area contributed by atoms with Crippen molar-refractivity contribution in [1.29, 1.82) is 0 Å². The van der Waals surface area contributed by atoms with Crippen molar-refractivity contribution in [2.45, 2.75) is 102 Å². The maximum absolute atomic E-state index is 12.5. The Labute approximate surface area is 187 Å². The van der Waals surface area contributed by atoms with E-state index in [9.17, 15) is 9.59 Å². The molecule has 1 heterocycles. The average molecular weight is 433 g/mol. The minimum Gasteiger partial charge on any atom is -0.368 e. The van der Waals surface area contributed by atoms with Gasteiger partial charge in [-0.3, -0.25) is 9.59 Å². The van der Waals surface area contributed by atoms with Gasteiger partial charge in [-0.1, -0.05) is 114 Å². The summed E-state index contributed by atoms with van der Waals surface area (Å²) in [5.74, 6) is 0.0633. The van der Waals surface area contributed by atoms with Gasteiger partial charge in [0.2, 0.25) is 11.8 Å². The summed E-state index contributed by atoms with van der Waals surface area (Å²) in [6.45, 7) is 2.26. The highest BCUT2D eigenvalue weighted by Crippen LogP contribution is 2.40. The minimum absolute atomic E-state index is 0.0246. The molecule has 1 aromatic rings. The summed E-state index contributed by atoms with van der Waals surface area (Å²) in [4.78, 5) is 26.4. The molecule has 30 heavy (non-hydrogen) atoms. The van der Waals surface area contributed by atoms with Gasteiger partial charge < -0.3 is 10.6 Å². The molecule has 0 radical (unpaired) electrons. The van der Waals surface area contributed by atoms with Crippen LogP contribution in [0.3, 0.4) is 0 Å². The van der Waals surface area contributed by atoms with E-state index >= 15 is 0 Å². The van der Waals surface area contributed by atoms with E-state index in [-0.39, 0.29) is 17.2 Å². The van der Waals surface area contributed by atoms with Crippen LogP contribution in [0, 0.1) is 0 Å². The molecule has 1 saturated heterocycles. The fraction of sp³-hybridized carbons (Fsp3) is 0.680. The molecule has 0 spiro atoms. The van der Waals surface area contributed by atoms with Crippen LogP contribution in [0.1, 0.15) is 101 Å². The van der Waals surface area contributed by atoms with Crippen molar-refractivity contribution < 1.29 is 9.59 Å². The highest BCUT2D eigenvalue weighted by molar-refractivity contribution is 8.00. The zero-order chi connectivity index (χ0) is 21.6. The topological polar surface area (TPSA) is 63.4 Å². The number of primary amides is 1. The number of unbranched alkanes of at least 4 members (excludes halogenated alkanes) is 11. The van der Waals surface area contributed by atoms with Gasteiger partial charge in [0, 0.05) is 0 Å². The van der Waals surface area contributed by atoms with Crippen molar-refractivity contribution >= 4 is 23.6 Å². The maximum Gasteiger partial charge on any atom is 0.240 e. The molecular formula is C25H40N2O2S. The molecule has 0 aromatic heterocycles. The van der Waals surface area contributed by atoms with Gasteiger partial charge in [-0.25, -0.2) is 0 Å². The van der Waals surface area contributed by atoms with Crippen molar-refractivity contribution in [3.63, 3.8) is 0 Å². The molecule has 5 heteroatoms. The molecule has 2 N–H and O–H groups in total. The molecular weight excluding hydrogens is 392 g/mol. The molecule has 1 aliphatic heterocycles. The van der Waals surface area contributed by atoms with Crippen molar-refractivity contribution in [2.24, 2.45) is 5.73 Å². The third-order valence-corrected chi connectivity index (χ3v) is 7.21. The number of hydrogen-bond donors (Lipinski definition) is 1. The molecule has 1 aromatic carbocycles. The van der Waals surface area contributed by atoms with Crippen LogP contribution >= 0.6 is 11.8 Å². The number of carbonyl (C=O) groups is 2. The Kier molecular flexibility index (Phi) is 12.0. The van der Waals surface area contributed by atoms with E-state index in [1.54, 1.807) is 16.7 Å². The first-order chi connectivity index (χ1) is 14.6. The Morgan fingerprint density at radius 3 is 2.03 bits per heavy atom. The number of benzene rings is 1. The molecule has 0 saturated carbocycles. The van der Waals surface area contributed by atoms with E-state index in [4.69, 9.17) is 5.73 Å². The summed E-state index contributed by atoms with van der Waals surface area (Å²) in [5.41, 5.74) is 6.78. The molecule has 2 rings (SSSR count). The van der Waals surface area contributed by atoms with Gasteiger partial charge in [-0.05, 0) is 12.0 Å². The van der Waals surface area contributed by atoms with E-state index in [0.29, 0.717) is 12.2 Å². The summed E-state index contributed by atoms with van der Waals surface area (Å²) in [5, 5.41) is -0.103. The normalized spacial score (nSPS) is 17.4. The molecule has 2 unspecified atom stereocenters. The Hall–Kier alpha value is -1.49. The predicted octanol–water partition coefficient (Wildman–Crippen LogP) is 6.21. The van der Waals surface area contributed by atoms with Crippen LogP contribution in [0.2, 0.25) is 0 Å². The molecule has 0 aliphatic carbocycles. The van der Waals surface area contributed by atoms with Crippen LogP contribution in [-0.4, -0.2) is 28.5 Å². The van der Waals surface area contributed by atoms with Gasteiger partial charge in [-0.15, -0.1) is 11.8 Å². The number of rotatable bonds is 16. The highest BCUT2D eigenvalue weighted by atomic mass is 32.2. The monoisotopic (exact) mass is 432 g/mol. The number of thioether (sulfide) groups is 1. The molecule has 2 amide bonds. The summed E-state index contributed by atoms with van der Waals surface area (Å²) in [7, 11) is 0. The van der Waals surface area contributed by atoms with Crippen LogP contribution in [0.5, 0.6) is 0 Å². The van der Waals surface area contributed by atoms with Gasteiger partial charge >= 0.3 is 0 Å². The van der Waals surface area contributed by atoms with Gasteiger partial charge in [-0.2, -0.15) is 0 Å². The number of amides is 2. The Morgan fingerprint density at radius 1 is 0.967 bits per heavy atom. The number of nitrogens with two attached hydrogens (primary N) is 1. The molecule has 1 fully saturated rings. The lowest BCUT2D eigenvalue weighted by Crippen LogP contribution is -2.46. The lowest BCUT2D eigenvalue weighted by atomic mass is 10.0. The predicted molar refractivity (Wildman–Crippen MR) is 127 cm³/mol. The van der Waals surface area contributed by atoms with Crippen LogP contribution < -0.4 is 5.73 Å². The quantitative estimate of drug-likeness (QED) is 0.316. The maximum atomic E-state index is 12.5. The van der Waals surface area contributed by atoms with E-state index in [0.717, 1.165) is 18.4 Å². The Balaban J connectivity index is 1.67. The first-order valence-electron chi connectivity index (χ1n) is 11.9. The smallest absolute Gasteiger partial charge is 0.240 e. The van der Waals surface area contributed by atoms with Crippen LogP contribution in [0.25, 0.3) is 0 Å². The van der Waals surface area contributed by atoms with Gasteiger partial charge in [0.25, 0.3) is 0 Å². The van der Waals surface area contributed by atoms with Gasteiger partial charge in [0.05, 0.1) is 5.75 Å². The summed E-state index contributed by atoms with van der Waals surface area (Å²) >= 11 is 1.59. The molecule has 0 bridgehead atoms. The standard InChI is InChI=1S/C25H40N2O2S/c1-2-3-4-5-6-7-8-9-10-11-12-16-19-22(24(26)29)27-23(28)20-30-25(27)21-17-14-13-15-18-21/h13-15,17-18,22,25H,2-12,16,19-20H2,1H3,(H2,26,29). The number of nitrogens with zero attached hydrogens (tertiary/aromatic N) is 1. The first kappa shape index (κ1) is 24.8. The van der Waals surface area contributed by atoms with E-state index in [2.05, 4.69) is 6.92 Å². The summed E-state index contributed by atoms with van der Waals surface area (Å²) in [6, 6.07) is 9.45. The lowest BCUT2D eigenvalue weighted by molar-refractivity contribution is -0.137. The van der Waals surface area contributed by atoms with Crippen molar-refractivity contribution in [3.8, 4) is 0 Å². The third-order valence-electron chi connectivity index (χ3n) is 5.99. The largest absolute Gasteiger partial charge is 0.368 e. The van der Waals surface area contributed by atoms with Crippen LogP contribution in [0.15, 0.2) is 30.3 Å². The van der Waals surface area contributed by atoms with E-state index in [1.807, 2.05) is 30.3 Å². The Morgan fingerprint density at radius 2 is 1.50 bits per heavy atom. The lowest BCUT2D eigenvalue weighted by Gasteiger charge is -2.31. The minimum atomic E-state index is -0.499. The van der Waals surface area contributed by atoms with Gasteiger partial charge in [0.15, 0.2) is 0 Å². The van der Waals surface area contributed by atoms with Crippen LogP contribution in [-0.2, 0) is 9.59 Å². The SMILES string of the molecule is CCCCCCCCCCCCCCC(C(N)=O)N1C(=O)CSC1c1ccccc1. The van der Waals surface area contributed by atoms with Crippen molar-refractivity contribution in [2.75, 3.05) is 5.75 Å². The summed E-state index contributed by atoms with van der Waals surface area (Å²) in [6.07, 6.45) is 16.0. The third kappa shape index (κ3) is 8.33. The second kappa shape index (κ2) is 14.5. The molecule has 1 aliphatic rings. The fourth-order valence-electron chi connectivity index (χ4n) is 4.24. The molecule has 4 nitrogen and oxygen atoms in total. The van der Waals surface area contributed by atoms with Crippen LogP contribution in [0.4, 0.5) is 0 Å². The molecule has 2 atom stereocenters. The summed E-state index contributed by atoms with van der Waals surface area (Å²) < 4.78 is 0. The Bertz CT molecular complexity index is 623. The zero-order valence-corrected chi connectivity index (χ0v) is 19.5. The first-order valence-corrected chi connectivity index (χ1v) is 13.0. The molecule has 168 valence electrons. The second-order valence-corrected chi connectivity index (χ2v) is 9.54.